The van der Waals surface area contributed by atoms with Gasteiger partial charge in [0.25, 0.3) is 5.56 Å². The maximum atomic E-state index is 11.5. The van der Waals surface area contributed by atoms with Gasteiger partial charge in [0.1, 0.15) is 11.8 Å². The first kappa shape index (κ1) is 9.28. The lowest BCUT2D eigenvalue weighted by atomic mass is 10.2. The van der Waals surface area contributed by atoms with E-state index in [0.29, 0.717) is 0 Å². The van der Waals surface area contributed by atoms with E-state index < -0.39 is 0 Å². The Hall–Kier alpha value is -2.28. The van der Waals surface area contributed by atoms with Crippen molar-refractivity contribution in [1.82, 2.24) is 9.78 Å². The van der Waals surface area contributed by atoms with Crippen LogP contribution in [0.1, 0.15) is 11.3 Å². The molecule has 1 aromatic carbocycles. The first-order chi connectivity index (χ1) is 7.20. The van der Waals surface area contributed by atoms with E-state index in [0.717, 1.165) is 11.3 Å². The molecule has 1 aromatic heterocycles. The average Bonchev–Trinajstić information content (AvgIpc) is 2.60. The fourth-order valence-electron chi connectivity index (χ4n) is 1.41. The van der Waals surface area contributed by atoms with Crippen molar-refractivity contribution in [2.45, 2.75) is 6.92 Å². The predicted octanol–water partition coefficient (Wildman–Crippen LogP) is 1.35. The first-order valence-corrected chi connectivity index (χ1v) is 4.50. The zero-order chi connectivity index (χ0) is 10.8. The van der Waals surface area contributed by atoms with Gasteiger partial charge in [0.15, 0.2) is 0 Å². The highest BCUT2D eigenvalue weighted by atomic mass is 16.1. The van der Waals surface area contributed by atoms with Crippen molar-refractivity contribution >= 4 is 0 Å². The molecule has 0 aliphatic carbocycles. The number of H-pyrrole nitrogens is 1. The van der Waals surface area contributed by atoms with Crippen molar-refractivity contribution in [2.75, 3.05) is 0 Å². The molecule has 0 saturated carbocycles. The molecule has 0 aliphatic heterocycles. The summed E-state index contributed by atoms with van der Waals surface area (Å²) in [6.45, 7) is 1.95. The minimum atomic E-state index is -0.225. The topological polar surface area (TPSA) is 61.6 Å². The number of rotatable bonds is 1. The molecule has 74 valence electrons. The van der Waals surface area contributed by atoms with E-state index in [1.165, 1.54) is 10.7 Å². The number of nitriles is 1. The Labute approximate surface area is 86.4 Å². The van der Waals surface area contributed by atoms with Crippen LogP contribution >= 0.6 is 0 Å². The molecule has 15 heavy (non-hydrogen) atoms. The zero-order valence-corrected chi connectivity index (χ0v) is 8.19. The van der Waals surface area contributed by atoms with Gasteiger partial charge in [-0.15, -0.1) is 0 Å². The lowest BCUT2D eigenvalue weighted by molar-refractivity contribution is 0.842. The second-order valence-corrected chi connectivity index (χ2v) is 3.29. The molecule has 0 radical (unpaired) electrons. The number of nitrogens with zero attached hydrogens (tertiary/aromatic N) is 2. The van der Waals surface area contributed by atoms with Gasteiger partial charge >= 0.3 is 0 Å². The second kappa shape index (κ2) is 3.46. The molecule has 1 heterocycles. The van der Waals surface area contributed by atoms with Crippen LogP contribution in [0.2, 0.25) is 0 Å². The molecule has 0 unspecified atom stereocenters. The summed E-state index contributed by atoms with van der Waals surface area (Å²) < 4.78 is 1.35. The number of aromatic nitrogens is 2. The normalized spacial score (nSPS) is 9.87. The Morgan fingerprint density at radius 2 is 2.20 bits per heavy atom. The molecule has 0 atom stereocenters. The van der Waals surface area contributed by atoms with Crippen molar-refractivity contribution in [1.29, 1.82) is 5.26 Å². The Bertz CT molecular complexity index is 586. The van der Waals surface area contributed by atoms with Crippen LogP contribution in [0.4, 0.5) is 0 Å². The van der Waals surface area contributed by atoms with Gasteiger partial charge < -0.3 is 0 Å². The van der Waals surface area contributed by atoms with E-state index in [4.69, 9.17) is 5.26 Å². The minimum absolute atomic E-state index is 0.225. The number of aromatic amines is 1. The number of hydrogen-bond acceptors (Lipinski definition) is 2. The highest BCUT2D eigenvalue weighted by molar-refractivity contribution is 5.35. The van der Waals surface area contributed by atoms with E-state index in [1.54, 1.807) is 0 Å². The quantitative estimate of drug-likeness (QED) is 0.753. The summed E-state index contributed by atoms with van der Waals surface area (Å²) in [4.78, 5) is 11.5. The molecule has 1 N–H and O–H groups in total. The van der Waals surface area contributed by atoms with Crippen LogP contribution in [0.25, 0.3) is 5.69 Å². The number of aryl methyl sites for hydroxylation is 1. The summed E-state index contributed by atoms with van der Waals surface area (Å²) in [5.41, 5.74) is 1.84. The largest absolute Gasteiger partial charge is 0.281 e. The van der Waals surface area contributed by atoms with Gasteiger partial charge in [-0.1, -0.05) is 12.1 Å². The van der Waals surface area contributed by atoms with E-state index in [1.807, 2.05) is 37.3 Å². The van der Waals surface area contributed by atoms with Gasteiger partial charge in [-0.2, -0.15) is 5.26 Å². The van der Waals surface area contributed by atoms with E-state index in [-0.39, 0.29) is 11.3 Å². The van der Waals surface area contributed by atoms with Crippen LogP contribution in [0.15, 0.2) is 35.1 Å². The number of nitrogens with one attached hydrogen (secondary N) is 1. The average molecular weight is 199 g/mol. The predicted molar refractivity (Wildman–Crippen MR) is 55.8 cm³/mol. The van der Waals surface area contributed by atoms with Crippen LogP contribution in [0, 0.1) is 18.3 Å². The Morgan fingerprint density at radius 3 is 2.80 bits per heavy atom. The van der Waals surface area contributed by atoms with Gasteiger partial charge in [0, 0.05) is 6.07 Å². The summed E-state index contributed by atoms with van der Waals surface area (Å²) in [7, 11) is 0. The molecule has 2 aromatic rings. The molecular weight excluding hydrogens is 190 g/mol. The maximum Gasteiger partial charge on any atom is 0.272 e. The highest BCUT2D eigenvalue weighted by Crippen LogP contribution is 2.06. The van der Waals surface area contributed by atoms with E-state index in [9.17, 15) is 4.79 Å². The lowest BCUT2D eigenvalue weighted by Crippen LogP contribution is -2.13. The SMILES string of the molecule is Cc1cccc(-n2[nH]c(C#N)cc2=O)c1. The fraction of sp³-hybridized carbons (Fsp3) is 0.0909. The van der Waals surface area contributed by atoms with Crippen LogP contribution in [-0.2, 0) is 0 Å². The van der Waals surface area contributed by atoms with E-state index >= 15 is 0 Å². The van der Waals surface area contributed by atoms with Crippen molar-refractivity contribution < 1.29 is 0 Å². The van der Waals surface area contributed by atoms with Crippen LogP contribution in [0.5, 0.6) is 0 Å². The minimum Gasteiger partial charge on any atom is -0.281 e. The summed E-state index contributed by atoms with van der Waals surface area (Å²) in [6, 6.07) is 10.7. The molecule has 0 fully saturated rings. The molecule has 0 aliphatic rings. The van der Waals surface area contributed by atoms with Crippen LogP contribution < -0.4 is 5.56 Å². The molecular formula is C11H9N3O. The third-order valence-corrected chi connectivity index (χ3v) is 2.10. The number of hydrogen-bond donors (Lipinski definition) is 1. The van der Waals surface area contributed by atoms with Gasteiger partial charge in [-0.25, -0.2) is 4.68 Å². The lowest BCUT2D eigenvalue weighted by Gasteiger charge is -2.01. The molecule has 2 rings (SSSR count). The molecule has 0 amide bonds. The third-order valence-electron chi connectivity index (χ3n) is 2.10. The summed E-state index contributed by atoms with van der Waals surface area (Å²) in [5, 5.41) is 11.4. The maximum absolute atomic E-state index is 11.5. The summed E-state index contributed by atoms with van der Waals surface area (Å²) in [6.07, 6.45) is 0. The second-order valence-electron chi connectivity index (χ2n) is 3.29. The van der Waals surface area contributed by atoms with Crippen LogP contribution in [-0.4, -0.2) is 9.78 Å². The van der Waals surface area contributed by atoms with Crippen molar-refractivity contribution in [3.63, 3.8) is 0 Å². The van der Waals surface area contributed by atoms with Crippen LogP contribution in [0.3, 0.4) is 0 Å². The van der Waals surface area contributed by atoms with E-state index in [2.05, 4.69) is 5.10 Å². The van der Waals surface area contributed by atoms with Gasteiger partial charge in [-0.05, 0) is 24.6 Å². The number of benzene rings is 1. The standard InChI is InChI=1S/C11H9N3O/c1-8-3-2-4-10(5-8)14-11(15)6-9(7-12)13-14/h2-6,13H,1H3. The summed E-state index contributed by atoms with van der Waals surface area (Å²) >= 11 is 0. The molecule has 0 saturated heterocycles. The molecule has 4 heteroatoms. The first-order valence-electron chi connectivity index (χ1n) is 4.50. The van der Waals surface area contributed by atoms with Crippen molar-refractivity contribution in [2.24, 2.45) is 0 Å². The van der Waals surface area contributed by atoms with Crippen molar-refractivity contribution in [3.05, 3.63) is 51.9 Å². The van der Waals surface area contributed by atoms with Gasteiger partial charge in [-0.3, -0.25) is 9.89 Å². The molecule has 4 nitrogen and oxygen atoms in total. The summed E-state index contributed by atoms with van der Waals surface area (Å²) in [5.74, 6) is 0. The van der Waals surface area contributed by atoms with Gasteiger partial charge in [0.2, 0.25) is 0 Å². The Kier molecular flexibility index (Phi) is 2.14. The smallest absolute Gasteiger partial charge is 0.272 e. The zero-order valence-electron chi connectivity index (χ0n) is 8.19. The van der Waals surface area contributed by atoms with Gasteiger partial charge in [0.05, 0.1) is 5.69 Å². The fourth-order valence-corrected chi connectivity index (χ4v) is 1.41. The Morgan fingerprint density at radius 1 is 1.40 bits per heavy atom. The Balaban J connectivity index is 2.60. The molecule has 0 spiro atoms. The van der Waals surface area contributed by atoms with Crippen molar-refractivity contribution in [3.8, 4) is 11.8 Å². The monoisotopic (exact) mass is 199 g/mol. The highest BCUT2D eigenvalue weighted by Gasteiger charge is 2.03. The molecule has 0 bridgehead atoms. The third kappa shape index (κ3) is 1.67.